The zero-order chi connectivity index (χ0) is 15.5. The lowest BCUT2D eigenvalue weighted by atomic mass is 9.98. The van der Waals surface area contributed by atoms with Crippen LogP contribution in [0.1, 0.15) is 49.4 Å². The molecule has 0 aliphatic carbocycles. The molecule has 0 unspecified atom stereocenters. The number of benzene rings is 1. The van der Waals surface area contributed by atoms with E-state index in [4.69, 9.17) is 5.11 Å². The lowest BCUT2D eigenvalue weighted by Crippen LogP contribution is -2.42. The maximum Gasteiger partial charge on any atom is 0.304 e. The maximum atomic E-state index is 10.8. The van der Waals surface area contributed by atoms with Gasteiger partial charge in [0.1, 0.15) is 0 Å². The molecule has 0 amide bonds. The molecule has 0 aliphatic rings. The van der Waals surface area contributed by atoms with Gasteiger partial charge in [-0.1, -0.05) is 12.1 Å². The Morgan fingerprint density at radius 1 is 1.10 bits per heavy atom. The second-order valence-electron chi connectivity index (χ2n) is 6.60. The molecule has 0 atom stereocenters. The smallest absolute Gasteiger partial charge is 0.304 e. The van der Waals surface area contributed by atoms with Crippen LogP contribution in [0.3, 0.4) is 0 Å². The number of carboxylic acid groups (broad SMARTS) is 1. The van der Waals surface area contributed by atoms with Gasteiger partial charge >= 0.3 is 5.97 Å². The highest BCUT2D eigenvalue weighted by molar-refractivity contribution is 5.66. The average Bonchev–Trinajstić information content (AvgIpc) is 2.28. The van der Waals surface area contributed by atoms with Crippen molar-refractivity contribution in [2.45, 2.75) is 60.0 Å². The zero-order valence-corrected chi connectivity index (χ0v) is 13.6. The first-order valence-electron chi connectivity index (χ1n) is 7.15. The number of hydrogen-bond acceptors (Lipinski definition) is 2. The quantitative estimate of drug-likeness (QED) is 0.892. The van der Waals surface area contributed by atoms with Crippen molar-refractivity contribution in [3.05, 3.63) is 34.4 Å². The Hall–Kier alpha value is -1.35. The van der Waals surface area contributed by atoms with Gasteiger partial charge in [-0.3, -0.25) is 9.69 Å². The molecule has 0 fully saturated rings. The standard InChI is InChI=1S/C17H27NO2/c1-12-9-14(3)15(10-13(12)2)11-18(17(4,5)6)8-7-16(19)20/h9-10H,7-8,11H2,1-6H3,(H,19,20). The highest BCUT2D eigenvalue weighted by Crippen LogP contribution is 2.22. The lowest BCUT2D eigenvalue weighted by molar-refractivity contribution is -0.137. The Kier molecular flexibility index (Phi) is 5.35. The molecule has 1 aromatic carbocycles. The molecule has 0 bridgehead atoms. The van der Waals surface area contributed by atoms with Gasteiger partial charge in [-0.2, -0.15) is 0 Å². The minimum Gasteiger partial charge on any atom is -0.481 e. The van der Waals surface area contributed by atoms with Crippen LogP contribution in [0, 0.1) is 20.8 Å². The van der Waals surface area contributed by atoms with Crippen LogP contribution in [0.2, 0.25) is 0 Å². The molecule has 0 heterocycles. The third-order valence-corrected chi connectivity index (χ3v) is 3.86. The van der Waals surface area contributed by atoms with Crippen molar-refractivity contribution in [3.8, 4) is 0 Å². The van der Waals surface area contributed by atoms with E-state index in [2.05, 4.69) is 58.6 Å². The van der Waals surface area contributed by atoms with Crippen molar-refractivity contribution < 1.29 is 9.90 Å². The fourth-order valence-corrected chi connectivity index (χ4v) is 2.28. The summed E-state index contributed by atoms with van der Waals surface area (Å²) in [6.07, 6.45) is 0.182. The summed E-state index contributed by atoms with van der Waals surface area (Å²) in [5, 5.41) is 8.90. The first-order valence-corrected chi connectivity index (χ1v) is 7.15. The molecule has 0 aromatic heterocycles. The summed E-state index contributed by atoms with van der Waals surface area (Å²) in [4.78, 5) is 13.1. The molecule has 0 spiro atoms. The molecule has 0 saturated carbocycles. The predicted molar refractivity (Wildman–Crippen MR) is 83.1 cm³/mol. The summed E-state index contributed by atoms with van der Waals surface area (Å²) in [6.45, 7) is 14.1. The van der Waals surface area contributed by atoms with E-state index in [1.807, 2.05) is 0 Å². The van der Waals surface area contributed by atoms with Gasteiger partial charge in [-0.25, -0.2) is 0 Å². The zero-order valence-electron chi connectivity index (χ0n) is 13.6. The van der Waals surface area contributed by atoms with E-state index in [1.165, 1.54) is 22.3 Å². The Bertz CT molecular complexity index is 486. The number of carbonyl (C=O) groups is 1. The predicted octanol–water partition coefficient (Wildman–Crippen LogP) is 3.69. The maximum absolute atomic E-state index is 10.8. The van der Waals surface area contributed by atoms with Gasteiger partial charge in [0.25, 0.3) is 0 Å². The minimum absolute atomic E-state index is 0.0410. The summed E-state index contributed by atoms with van der Waals surface area (Å²) in [7, 11) is 0. The highest BCUT2D eigenvalue weighted by Gasteiger charge is 2.22. The first-order chi connectivity index (χ1) is 9.11. The van der Waals surface area contributed by atoms with Gasteiger partial charge < -0.3 is 5.11 Å². The van der Waals surface area contributed by atoms with Gasteiger partial charge in [-0.05, 0) is 63.8 Å². The normalized spacial score (nSPS) is 11.9. The van der Waals surface area contributed by atoms with E-state index >= 15 is 0 Å². The van der Waals surface area contributed by atoms with Crippen LogP contribution in [0.4, 0.5) is 0 Å². The third-order valence-electron chi connectivity index (χ3n) is 3.86. The average molecular weight is 277 g/mol. The van der Waals surface area contributed by atoms with Crippen molar-refractivity contribution in [2.75, 3.05) is 6.54 Å². The topological polar surface area (TPSA) is 40.5 Å². The molecular weight excluding hydrogens is 250 g/mol. The lowest BCUT2D eigenvalue weighted by Gasteiger charge is -2.36. The van der Waals surface area contributed by atoms with Crippen LogP contribution >= 0.6 is 0 Å². The Morgan fingerprint density at radius 2 is 1.65 bits per heavy atom. The summed E-state index contributed by atoms with van der Waals surface area (Å²) < 4.78 is 0. The van der Waals surface area contributed by atoms with Crippen LogP contribution in [0.25, 0.3) is 0 Å². The fraction of sp³-hybridized carbons (Fsp3) is 0.588. The number of aliphatic carboxylic acids is 1. The number of aryl methyl sites for hydroxylation is 3. The van der Waals surface area contributed by atoms with Gasteiger partial charge in [0.05, 0.1) is 6.42 Å². The third kappa shape index (κ3) is 4.64. The van der Waals surface area contributed by atoms with Crippen LogP contribution in [0.5, 0.6) is 0 Å². The second kappa shape index (κ2) is 6.40. The Morgan fingerprint density at radius 3 is 2.15 bits per heavy atom. The molecule has 3 nitrogen and oxygen atoms in total. The monoisotopic (exact) mass is 277 g/mol. The van der Waals surface area contributed by atoms with Crippen LogP contribution in [-0.2, 0) is 11.3 Å². The van der Waals surface area contributed by atoms with E-state index in [0.29, 0.717) is 6.54 Å². The molecule has 112 valence electrons. The van der Waals surface area contributed by atoms with Crippen molar-refractivity contribution in [2.24, 2.45) is 0 Å². The molecular formula is C17H27NO2. The van der Waals surface area contributed by atoms with Crippen LogP contribution < -0.4 is 0 Å². The second-order valence-corrected chi connectivity index (χ2v) is 6.60. The minimum atomic E-state index is -0.740. The van der Waals surface area contributed by atoms with E-state index in [1.54, 1.807) is 0 Å². The molecule has 3 heteroatoms. The number of carboxylic acids is 1. The summed E-state index contributed by atoms with van der Waals surface area (Å²) in [6, 6.07) is 4.44. The van der Waals surface area contributed by atoms with Crippen LogP contribution in [-0.4, -0.2) is 28.1 Å². The largest absolute Gasteiger partial charge is 0.481 e. The van der Waals surface area contributed by atoms with Gasteiger partial charge in [-0.15, -0.1) is 0 Å². The van der Waals surface area contributed by atoms with Crippen LogP contribution in [0.15, 0.2) is 12.1 Å². The summed E-state index contributed by atoms with van der Waals surface area (Å²) in [5.74, 6) is -0.740. The molecule has 1 N–H and O–H groups in total. The number of rotatable bonds is 5. The van der Waals surface area contributed by atoms with Gasteiger partial charge in [0.2, 0.25) is 0 Å². The summed E-state index contributed by atoms with van der Waals surface area (Å²) >= 11 is 0. The summed E-state index contributed by atoms with van der Waals surface area (Å²) in [5.41, 5.74) is 5.11. The van der Waals surface area contributed by atoms with Gasteiger partial charge in [0.15, 0.2) is 0 Å². The van der Waals surface area contributed by atoms with E-state index in [-0.39, 0.29) is 12.0 Å². The van der Waals surface area contributed by atoms with Crippen molar-refractivity contribution >= 4 is 5.97 Å². The van der Waals surface area contributed by atoms with Crippen molar-refractivity contribution in [1.29, 1.82) is 0 Å². The van der Waals surface area contributed by atoms with Crippen molar-refractivity contribution in [3.63, 3.8) is 0 Å². The Balaban J connectivity index is 2.95. The first kappa shape index (κ1) is 16.7. The fourth-order valence-electron chi connectivity index (χ4n) is 2.28. The van der Waals surface area contributed by atoms with E-state index in [0.717, 1.165) is 6.54 Å². The molecule has 1 aromatic rings. The van der Waals surface area contributed by atoms with Crippen molar-refractivity contribution in [1.82, 2.24) is 4.90 Å². The molecule has 0 saturated heterocycles. The van der Waals surface area contributed by atoms with E-state index in [9.17, 15) is 4.79 Å². The number of nitrogens with zero attached hydrogens (tertiary/aromatic N) is 1. The highest BCUT2D eigenvalue weighted by atomic mass is 16.4. The molecule has 20 heavy (non-hydrogen) atoms. The SMILES string of the molecule is Cc1cc(C)c(CN(CCC(=O)O)C(C)(C)C)cc1C. The number of hydrogen-bond donors (Lipinski definition) is 1. The molecule has 0 aliphatic heterocycles. The Labute approximate surface area is 122 Å². The van der Waals surface area contributed by atoms with E-state index < -0.39 is 5.97 Å². The molecule has 1 rings (SSSR count). The molecule has 0 radical (unpaired) electrons. The van der Waals surface area contributed by atoms with Gasteiger partial charge in [0, 0.05) is 18.6 Å².